The molecule has 2 aromatic carbocycles. The van der Waals surface area contributed by atoms with Crippen LogP contribution in [0.1, 0.15) is 18.1 Å². The highest BCUT2D eigenvalue weighted by Gasteiger charge is 2.17. The van der Waals surface area contributed by atoms with E-state index in [4.69, 9.17) is 0 Å². The molecule has 0 saturated carbocycles. The SMILES string of the molecule is C[C@@H](CO)[NH+](Cc1ccccc1)Cc1ccccc1. The van der Waals surface area contributed by atoms with Crippen LogP contribution in [0.15, 0.2) is 60.7 Å². The van der Waals surface area contributed by atoms with E-state index >= 15 is 0 Å². The summed E-state index contributed by atoms with van der Waals surface area (Å²) < 4.78 is 0. The normalized spacial score (nSPS) is 12.6. The summed E-state index contributed by atoms with van der Waals surface area (Å²) in [6.07, 6.45) is 0. The van der Waals surface area contributed by atoms with E-state index in [-0.39, 0.29) is 12.6 Å². The van der Waals surface area contributed by atoms with E-state index in [0.717, 1.165) is 13.1 Å². The van der Waals surface area contributed by atoms with E-state index < -0.39 is 0 Å². The zero-order valence-corrected chi connectivity index (χ0v) is 11.4. The number of aliphatic hydroxyl groups excluding tert-OH is 1. The van der Waals surface area contributed by atoms with Crippen LogP contribution in [-0.4, -0.2) is 17.8 Å². The third-order valence-corrected chi connectivity index (χ3v) is 3.52. The number of hydrogen-bond acceptors (Lipinski definition) is 1. The Labute approximate surface area is 115 Å². The van der Waals surface area contributed by atoms with Gasteiger partial charge in [0.15, 0.2) is 0 Å². The number of benzene rings is 2. The Bertz CT molecular complexity index is 428. The lowest BCUT2D eigenvalue weighted by Gasteiger charge is -2.25. The molecule has 0 aliphatic heterocycles. The molecular weight excluding hydrogens is 234 g/mol. The smallest absolute Gasteiger partial charge is 0.108 e. The molecule has 19 heavy (non-hydrogen) atoms. The van der Waals surface area contributed by atoms with Gasteiger partial charge in [-0.05, 0) is 6.92 Å². The summed E-state index contributed by atoms with van der Waals surface area (Å²) in [5.41, 5.74) is 2.63. The van der Waals surface area contributed by atoms with Crippen LogP contribution in [0.25, 0.3) is 0 Å². The van der Waals surface area contributed by atoms with Crippen molar-refractivity contribution in [1.29, 1.82) is 0 Å². The van der Waals surface area contributed by atoms with Gasteiger partial charge in [-0.25, -0.2) is 0 Å². The van der Waals surface area contributed by atoms with Crippen LogP contribution in [0.5, 0.6) is 0 Å². The van der Waals surface area contributed by atoms with E-state index in [1.807, 2.05) is 12.1 Å². The Morgan fingerprint density at radius 1 is 0.842 bits per heavy atom. The van der Waals surface area contributed by atoms with Gasteiger partial charge in [-0.3, -0.25) is 0 Å². The van der Waals surface area contributed by atoms with Crippen molar-refractivity contribution >= 4 is 0 Å². The first-order chi connectivity index (χ1) is 9.29. The van der Waals surface area contributed by atoms with Gasteiger partial charge in [-0.15, -0.1) is 0 Å². The van der Waals surface area contributed by atoms with Crippen molar-refractivity contribution in [3.63, 3.8) is 0 Å². The molecule has 0 fully saturated rings. The topological polar surface area (TPSA) is 24.7 Å². The van der Waals surface area contributed by atoms with E-state index in [0.29, 0.717) is 0 Å². The molecule has 2 rings (SSSR count). The number of hydrogen-bond donors (Lipinski definition) is 2. The van der Waals surface area contributed by atoms with Crippen molar-refractivity contribution in [2.24, 2.45) is 0 Å². The van der Waals surface area contributed by atoms with Crippen molar-refractivity contribution < 1.29 is 10.0 Å². The first kappa shape index (κ1) is 13.8. The quantitative estimate of drug-likeness (QED) is 0.807. The molecule has 2 nitrogen and oxygen atoms in total. The fraction of sp³-hybridized carbons (Fsp3) is 0.294. The minimum absolute atomic E-state index is 0.217. The molecule has 0 aliphatic rings. The summed E-state index contributed by atoms with van der Waals surface area (Å²) >= 11 is 0. The van der Waals surface area contributed by atoms with Crippen molar-refractivity contribution in [2.75, 3.05) is 6.61 Å². The minimum Gasteiger partial charge on any atom is -0.390 e. The minimum atomic E-state index is 0.217. The van der Waals surface area contributed by atoms with Crippen LogP contribution in [0.2, 0.25) is 0 Å². The van der Waals surface area contributed by atoms with Gasteiger partial charge in [0.1, 0.15) is 19.1 Å². The van der Waals surface area contributed by atoms with Crippen LogP contribution in [0, 0.1) is 0 Å². The molecule has 1 atom stereocenters. The molecular formula is C17H22NO+. The second-order valence-electron chi connectivity index (χ2n) is 5.07. The van der Waals surface area contributed by atoms with Gasteiger partial charge in [0.2, 0.25) is 0 Å². The van der Waals surface area contributed by atoms with E-state index in [1.165, 1.54) is 16.0 Å². The van der Waals surface area contributed by atoms with E-state index in [2.05, 4.69) is 55.5 Å². The highest BCUT2D eigenvalue weighted by molar-refractivity contribution is 5.14. The molecule has 0 heterocycles. The maximum Gasteiger partial charge on any atom is 0.108 e. The first-order valence-electron chi connectivity index (χ1n) is 6.83. The number of aliphatic hydroxyl groups is 1. The molecule has 0 radical (unpaired) electrons. The summed E-state index contributed by atoms with van der Waals surface area (Å²) in [6, 6.07) is 21.2. The second-order valence-corrected chi connectivity index (χ2v) is 5.07. The lowest BCUT2D eigenvalue weighted by Crippen LogP contribution is -3.13. The Kier molecular flexibility index (Phi) is 5.13. The Morgan fingerprint density at radius 3 is 1.63 bits per heavy atom. The highest BCUT2D eigenvalue weighted by atomic mass is 16.3. The van der Waals surface area contributed by atoms with Gasteiger partial charge in [0.05, 0.1) is 6.61 Å². The average molecular weight is 256 g/mol. The summed E-state index contributed by atoms with van der Waals surface area (Å²) in [5, 5.41) is 9.44. The highest BCUT2D eigenvalue weighted by Crippen LogP contribution is 1.99. The van der Waals surface area contributed by atoms with Gasteiger partial charge < -0.3 is 10.0 Å². The molecule has 0 bridgehead atoms. The van der Waals surface area contributed by atoms with Gasteiger partial charge in [-0.1, -0.05) is 60.7 Å². The predicted molar refractivity (Wildman–Crippen MR) is 77.8 cm³/mol. The molecule has 2 N–H and O–H groups in total. The summed E-state index contributed by atoms with van der Waals surface area (Å²) in [7, 11) is 0. The molecule has 100 valence electrons. The fourth-order valence-corrected chi connectivity index (χ4v) is 2.26. The molecule has 0 aromatic heterocycles. The number of quaternary nitrogens is 1. The zero-order chi connectivity index (χ0) is 13.5. The first-order valence-corrected chi connectivity index (χ1v) is 6.83. The van der Waals surface area contributed by atoms with Gasteiger partial charge >= 0.3 is 0 Å². The summed E-state index contributed by atoms with van der Waals surface area (Å²) in [5.74, 6) is 0. The monoisotopic (exact) mass is 256 g/mol. The largest absolute Gasteiger partial charge is 0.390 e. The van der Waals surface area contributed by atoms with E-state index in [9.17, 15) is 5.11 Å². The average Bonchev–Trinajstić information content (AvgIpc) is 2.48. The molecule has 0 spiro atoms. The van der Waals surface area contributed by atoms with Gasteiger partial charge in [0.25, 0.3) is 0 Å². The maximum absolute atomic E-state index is 9.44. The second kappa shape index (κ2) is 7.07. The van der Waals surface area contributed by atoms with Crippen LogP contribution in [0.4, 0.5) is 0 Å². The van der Waals surface area contributed by atoms with Crippen molar-refractivity contribution in [3.05, 3.63) is 71.8 Å². The lowest BCUT2D eigenvalue weighted by molar-refractivity contribution is -0.950. The summed E-state index contributed by atoms with van der Waals surface area (Å²) in [4.78, 5) is 1.39. The lowest BCUT2D eigenvalue weighted by atomic mass is 10.1. The molecule has 0 aliphatic carbocycles. The fourth-order valence-electron chi connectivity index (χ4n) is 2.26. The Balaban J connectivity index is 2.08. The van der Waals surface area contributed by atoms with E-state index in [1.54, 1.807) is 0 Å². The van der Waals surface area contributed by atoms with Crippen LogP contribution >= 0.6 is 0 Å². The number of nitrogens with one attached hydrogen (secondary N) is 1. The van der Waals surface area contributed by atoms with Crippen molar-refractivity contribution in [3.8, 4) is 0 Å². The maximum atomic E-state index is 9.44. The summed E-state index contributed by atoms with van der Waals surface area (Å²) in [6.45, 7) is 4.20. The number of rotatable bonds is 6. The molecule has 2 heteroatoms. The van der Waals surface area contributed by atoms with Crippen LogP contribution < -0.4 is 4.90 Å². The molecule has 2 aromatic rings. The molecule has 0 amide bonds. The Morgan fingerprint density at radius 2 is 1.26 bits per heavy atom. The third kappa shape index (κ3) is 4.19. The van der Waals surface area contributed by atoms with Crippen LogP contribution in [-0.2, 0) is 13.1 Å². The van der Waals surface area contributed by atoms with Gasteiger partial charge in [-0.2, -0.15) is 0 Å². The zero-order valence-electron chi connectivity index (χ0n) is 11.4. The van der Waals surface area contributed by atoms with Crippen molar-refractivity contribution in [1.82, 2.24) is 0 Å². The third-order valence-electron chi connectivity index (χ3n) is 3.52. The van der Waals surface area contributed by atoms with Crippen LogP contribution in [0.3, 0.4) is 0 Å². The molecule has 0 saturated heterocycles. The van der Waals surface area contributed by atoms with Gasteiger partial charge in [0, 0.05) is 11.1 Å². The Hall–Kier alpha value is -1.64. The van der Waals surface area contributed by atoms with Crippen molar-refractivity contribution in [2.45, 2.75) is 26.1 Å². The predicted octanol–water partition coefficient (Wildman–Crippen LogP) is 1.65. The standard InChI is InChI=1S/C17H21NO/c1-15(14-19)18(12-16-8-4-2-5-9-16)13-17-10-6-3-7-11-17/h2-11,15,19H,12-14H2,1H3/p+1/t15-/m0/s1. The molecule has 0 unspecified atom stereocenters.